The lowest BCUT2D eigenvalue weighted by Crippen LogP contribution is -2.45. The van der Waals surface area contributed by atoms with Crippen LogP contribution in [0.2, 0.25) is 0 Å². The summed E-state index contributed by atoms with van der Waals surface area (Å²) in [5.41, 5.74) is 0. The van der Waals surface area contributed by atoms with Crippen LogP contribution in [0.15, 0.2) is 36.5 Å². The Morgan fingerprint density at radius 3 is 0.952 bits per heavy atom. The third kappa shape index (κ3) is 69.1. The van der Waals surface area contributed by atoms with E-state index < -0.39 is 12.1 Å². The molecule has 0 aromatic carbocycles. The summed E-state index contributed by atoms with van der Waals surface area (Å²) in [4.78, 5) is 24.5. The Bertz CT molecular complexity index is 1340. The molecule has 3 N–H and O–H groups in total. The minimum Gasteiger partial charge on any atom is -0.466 e. The highest BCUT2D eigenvalue weighted by molar-refractivity contribution is 5.76. The van der Waals surface area contributed by atoms with E-state index in [1.807, 2.05) is 0 Å². The first-order chi connectivity index (χ1) is 41.0. The molecule has 0 heterocycles. The SMILES string of the molecule is CCCCC/C=C\CCCCCCCC(=O)OCCCCCCCCCCCCCCCCC/C=C\C/C=C\CCCCCCCCCCCCCCCCCCCC(=O)NC(CO)C(O)CCCCCCCCCCCCCCCCC. The van der Waals surface area contributed by atoms with Gasteiger partial charge < -0.3 is 20.3 Å². The molecule has 0 saturated heterocycles. The number of hydrogen-bond donors (Lipinski definition) is 3. The van der Waals surface area contributed by atoms with Crippen LogP contribution in [-0.4, -0.2) is 47.4 Å². The van der Waals surface area contributed by atoms with Crippen LogP contribution in [-0.2, 0) is 14.3 Å². The molecule has 0 radical (unpaired) electrons. The Labute approximate surface area is 519 Å². The summed E-state index contributed by atoms with van der Waals surface area (Å²) in [6.07, 6.45) is 93.7. The molecule has 83 heavy (non-hydrogen) atoms. The van der Waals surface area contributed by atoms with Crippen LogP contribution >= 0.6 is 0 Å². The molecule has 490 valence electrons. The summed E-state index contributed by atoms with van der Waals surface area (Å²) in [5, 5.41) is 23.3. The first-order valence-corrected chi connectivity index (χ1v) is 37.7. The minimum atomic E-state index is -0.662. The number of nitrogens with one attached hydrogen (secondary N) is 1. The zero-order valence-corrected chi connectivity index (χ0v) is 56.2. The first kappa shape index (κ1) is 81.1. The maximum absolute atomic E-state index is 12.5. The lowest BCUT2D eigenvalue weighted by Gasteiger charge is -2.22. The highest BCUT2D eigenvalue weighted by Crippen LogP contribution is 2.19. The number of amides is 1. The van der Waals surface area contributed by atoms with Gasteiger partial charge in [-0.2, -0.15) is 0 Å². The average molecular weight is 1170 g/mol. The molecule has 0 saturated carbocycles. The van der Waals surface area contributed by atoms with Crippen molar-refractivity contribution in [1.29, 1.82) is 0 Å². The van der Waals surface area contributed by atoms with Crippen molar-refractivity contribution in [1.82, 2.24) is 5.32 Å². The fourth-order valence-electron chi connectivity index (χ4n) is 11.9. The number of aliphatic hydroxyl groups is 2. The van der Waals surface area contributed by atoms with E-state index in [1.165, 1.54) is 334 Å². The summed E-state index contributed by atoms with van der Waals surface area (Å²) in [6.45, 7) is 4.96. The van der Waals surface area contributed by atoms with Crippen molar-refractivity contribution in [2.45, 2.75) is 431 Å². The molecule has 0 bridgehead atoms. The number of carbonyl (C=O) groups is 2. The number of allylic oxidation sites excluding steroid dienone is 6. The molecule has 0 aliphatic rings. The van der Waals surface area contributed by atoms with E-state index in [-0.39, 0.29) is 18.5 Å². The second kappa shape index (κ2) is 72.6. The second-order valence-electron chi connectivity index (χ2n) is 26.0. The Hall–Kier alpha value is -1.92. The van der Waals surface area contributed by atoms with Gasteiger partial charge in [0.1, 0.15) is 0 Å². The molecular formula is C77H147NO5. The minimum absolute atomic E-state index is 0.0105. The van der Waals surface area contributed by atoms with Gasteiger partial charge >= 0.3 is 5.97 Å². The number of esters is 1. The van der Waals surface area contributed by atoms with Gasteiger partial charge in [-0.25, -0.2) is 0 Å². The second-order valence-corrected chi connectivity index (χ2v) is 26.0. The molecule has 2 atom stereocenters. The summed E-state index contributed by atoms with van der Waals surface area (Å²) in [6, 6.07) is -0.539. The van der Waals surface area contributed by atoms with Crippen LogP contribution in [0.25, 0.3) is 0 Å². The third-order valence-corrected chi connectivity index (χ3v) is 17.7. The molecule has 0 aromatic rings. The van der Waals surface area contributed by atoms with E-state index in [0.717, 1.165) is 51.4 Å². The maximum Gasteiger partial charge on any atom is 0.305 e. The zero-order chi connectivity index (χ0) is 59.9. The Balaban J connectivity index is 3.35. The number of carbonyl (C=O) groups excluding carboxylic acids is 2. The van der Waals surface area contributed by atoms with Gasteiger partial charge in [0, 0.05) is 12.8 Å². The fraction of sp³-hybridized carbons (Fsp3) is 0.896. The summed E-state index contributed by atoms with van der Waals surface area (Å²) >= 11 is 0. The van der Waals surface area contributed by atoms with E-state index in [1.54, 1.807) is 0 Å². The van der Waals surface area contributed by atoms with Crippen molar-refractivity contribution < 1.29 is 24.5 Å². The average Bonchev–Trinajstić information content (AvgIpc) is 3.49. The highest BCUT2D eigenvalue weighted by atomic mass is 16.5. The van der Waals surface area contributed by atoms with Gasteiger partial charge in [-0.3, -0.25) is 9.59 Å². The summed E-state index contributed by atoms with van der Waals surface area (Å²) in [7, 11) is 0. The molecule has 1 amide bonds. The molecule has 6 heteroatoms. The van der Waals surface area contributed by atoms with Gasteiger partial charge in [0.05, 0.1) is 25.4 Å². The zero-order valence-electron chi connectivity index (χ0n) is 56.2. The van der Waals surface area contributed by atoms with Gasteiger partial charge in [0.2, 0.25) is 5.91 Å². The number of rotatable bonds is 71. The van der Waals surface area contributed by atoms with Gasteiger partial charge in [-0.1, -0.05) is 359 Å². The van der Waals surface area contributed by atoms with Crippen LogP contribution in [0.1, 0.15) is 418 Å². The number of aliphatic hydroxyl groups excluding tert-OH is 2. The van der Waals surface area contributed by atoms with E-state index in [4.69, 9.17) is 4.74 Å². The van der Waals surface area contributed by atoms with Gasteiger partial charge in [0.15, 0.2) is 0 Å². The number of unbranched alkanes of at least 4 members (excludes halogenated alkanes) is 54. The van der Waals surface area contributed by atoms with E-state index in [2.05, 4.69) is 55.6 Å². The number of ether oxygens (including phenoxy) is 1. The van der Waals surface area contributed by atoms with Crippen molar-refractivity contribution in [3.8, 4) is 0 Å². The van der Waals surface area contributed by atoms with Crippen LogP contribution in [0.4, 0.5) is 0 Å². The van der Waals surface area contributed by atoms with Gasteiger partial charge in [-0.15, -0.1) is 0 Å². The lowest BCUT2D eigenvalue weighted by atomic mass is 10.0. The smallest absolute Gasteiger partial charge is 0.305 e. The van der Waals surface area contributed by atoms with Gasteiger partial charge in [0.25, 0.3) is 0 Å². The predicted molar refractivity (Wildman–Crippen MR) is 366 cm³/mol. The normalized spacial score (nSPS) is 12.7. The molecule has 6 nitrogen and oxygen atoms in total. The molecule has 2 unspecified atom stereocenters. The lowest BCUT2D eigenvalue weighted by molar-refractivity contribution is -0.143. The quantitative estimate of drug-likeness (QED) is 0.0320. The van der Waals surface area contributed by atoms with Crippen LogP contribution in [0.5, 0.6) is 0 Å². The Morgan fingerprint density at radius 2 is 0.602 bits per heavy atom. The van der Waals surface area contributed by atoms with Crippen molar-refractivity contribution in [2.24, 2.45) is 0 Å². The van der Waals surface area contributed by atoms with Crippen molar-refractivity contribution in [3.63, 3.8) is 0 Å². The monoisotopic (exact) mass is 1170 g/mol. The molecule has 0 fully saturated rings. The molecule has 0 rings (SSSR count). The first-order valence-electron chi connectivity index (χ1n) is 37.7. The fourth-order valence-corrected chi connectivity index (χ4v) is 11.9. The van der Waals surface area contributed by atoms with Crippen LogP contribution in [0, 0.1) is 0 Å². The standard InChI is InChI=1S/C77H147NO5/c1-3-5-7-9-11-13-15-17-43-46-49-53-57-61-65-69-75(80)74(73-79)78-76(81)70-66-62-58-54-50-47-44-41-39-37-35-33-31-29-27-25-23-21-19-18-20-22-24-26-28-30-32-34-36-38-40-42-45-48-52-56-60-64-68-72-83-77(82)71-67-63-59-55-51-16-14-12-10-8-6-4-2/h12,14,18-19,22,24,74-75,79-80H,3-11,13,15-17,20-21,23,25-73H2,1-2H3,(H,78,81)/b14-12-,19-18-,24-22-. The Morgan fingerprint density at radius 1 is 0.337 bits per heavy atom. The van der Waals surface area contributed by atoms with E-state index in [9.17, 15) is 19.8 Å². The third-order valence-electron chi connectivity index (χ3n) is 17.7. The van der Waals surface area contributed by atoms with E-state index in [0.29, 0.717) is 25.9 Å². The van der Waals surface area contributed by atoms with Crippen LogP contribution in [0.3, 0.4) is 0 Å². The summed E-state index contributed by atoms with van der Waals surface area (Å²) < 4.78 is 5.48. The highest BCUT2D eigenvalue weighted by Gasteiger charge is 2.20. The van der Waals surface area contributed by atoms with Crippen molar-refractivity contribution in [3.05, 3.63) is 36.5 Å². The molecule has 0 aromatic heterocycles. The Kier molecular flexibility index (Phi) is 70.9. The topological polar surface area (TPSA) is 95.9 Å². The molecule has 0 aliphatic carbocycles. The summed E-state index contributed by atoms with van der Waals surface area (Å²) in [5.74, 6) is -0.0184. The predicted octanol–water partition coefficient (Wildman–Crippen LogP) is 24.7. The van der Waals surface area contributed by atoms with Crippen molar-refractivity contribution >= 4 is 11.9 Å². The number of hydrogen-bond acceptors (Lipinski definition) is 5. The largest absolute Gasteiger partial charge is 0.466 e. The maximum atomic E-state index is 12.5. The van der Waals surface area contributed by atoms with Crippen LogP contribution < -0.4 is 5.32 Å². The van der Waals surface area contributed by atoms with E-state index >= 15 is 0 Å². The molecule has 0 spiro atoms. The molecule has 0 aliphatic heterocycles. The molecular weight excluding hydrogens is 1020 g/mol. The van der Waals surface area contributed by atoms with Gasteiger partial charge in [-0.05, 0) is 83.5 Å². The van der Waals surface area contributed by atoms with Crippen molar-refractivity contribution in [2.75, 3.05) is 13.2 Å².